The van der Waals surface area contributed by atoms with Gasteiger partial charge in [0.15, 0.2) is 0 Å². The van der Waals surface area contributed by atoms with Crippen molar-refractivity contribution in [2.24, 2.45) is 7.05 Å². The van der Waals surface area contributed by atoms with Crippen LogP contribution in [0.25, 0.3) is 22.0 Å². The number of methoxy groups -OCH3 is 1. The third-order valence-corrected chi connectivity index (χ3v) is 5.47. The second-order valence-corrected chi connectivity index (χ2v) is 7.90. The van der Waals surface area contributed by atoms with Crippen molar-refractivity contribution < 1.29 is 9.53 Å². The predicted octanol–water partition coefficient (Wildman–Crippen LogP) is 4.53. The predicted molar refractivity (Wildman–Crippen MR) is 126 cm³/mol. The van der Waals surface area contributed by atoms with Gasteiger partial charge >= 0.3 is 0 Å². The third-order valence-electron chi connectivity index (χ3n) is 5.27. The number of ether oxygens (including phenoxy) is 1. The molecule has 0 bridgehead atoms. The highest BCUT2D eigenvalue weighted by atomic mass is 35.5. The minimum atomic E-state index is -0.367. The van der Waals surface area contributed by atoms with Crippen molar-refractivity contribution in [3.63, 3.8) is 0 Å². The molecule has 4 aromatic rings. The molecule has 1 N–H and O–H groups in total. The van der Waals surface area contributed by atoms with Gasteiger partial charge in [-0.05, 0) is 55.3 Å². The van der Waals surface area contributed by atoms with E-state index in [1.54, 1.807) is 29.9 Å². The molecule has 0 aliphatic rings. The summed E-state index contributed by atoms with van der Waals surface area (Å²) in [6.07, 6.45) is 1.76. The zero-order valence-electron chi connectivity index (χ0n) is 18.1. The normalized spacial score (nSPS) is 10.9. The maximum absolute atomic E-state index is 13.1. The summed E-state index contributed by atoms with van der Waals surface area (Å²) < 4.78 is 6.70. The number of carbonyl (C=O) groups is 1. The van der Waals surface area contributed by atoms with Crippen LogP contribution >= 0.6 is 11.6 Å². The molecule has 32 heavy (non-hydrogen) atoms. The van der Waals surface area contributed by atoms with Crippen LogP contribution in [0, 0.1) is 13.8 Å². The number of halogens is 1. The Kier molecular flexibility index (Phi) is 5.67. The number of nitrogens with one attached hydrogen (secondary N) is 1. The van der Waals surface area contributed by atoms with Crippen molar-refractivity contribution in [1.82, 2.24) is 14.5 Å². The van der Waals surface area contributed by atoms with E-state index < -0.39 is 0 Å². The number of rotatable bonds is 4. The highest BCUT2D eigenvalue weighted by Gasteiger charge is 2.15. The van der Waals surface area contributed by atoms with Crippen molar-refractivity contribution in [2.75, 3.05) is 12.4 Å². The van der Waals surface area contributed by atoms with Gasteiger partial charge in [-0.25, -0.2) is 4.98 Å². The molecule has 0 saturated heterocycles. The fourth-order valence-electron chi connectivity index (χ4n) is 3.56. The van der Waals surface area contributed by atoms with Crippen LogP contribution in [0.15, 0.2) is 53.5 Å². The molecule has 0 atom stereocenters. The molecule has 0 unspecified atom stereocenters. The molecule has 8 heteroatoms. The molecular formula is C24H21ClN4O3. The summed E-state index contributed by atoms with van der Waals surface area (Å²) in [7, 11) is 3.20. The van der Waals surface area contributed by atoms with Gasteiger partial charge in [0, 0.05) is 47.2 Å². The van der Waals surface area contributed by atoms with Gasteiger partial charge in [0.05, 0.1) is 12.6 Å². The summed E-state index contributed by atoms with van der Waals surface area (Å²) >= 11 is 5.98. The van der Waals surface area contributed by atoms with E-state index in [1.807, 2.05) is 32.0 Å². The molecule has 0 aliphatic heterocycles. The number of carbonyl (C=O) groups excluding carboxylic acids is 1. The first-order valence-electron chi connectivity index (χ1n) is 9.87. The van der Waals surface area contributed by atoms with Crippen LogP contribution in [0.2, 0.25) is 5.15 Å². The zero-order chi connectivity index (χ0) is 23.0. The van der Waals surface area contributed by atoms with Crippen LogP contribution in [-0.2, 0) is 7.05 Å². The quantitative estimate of drug-likeness (QED) is 0.463. The monoisotopic (exact) mass is 448 g/mol. The van der Waals surface area contributed by atoms with Crippen molar-refractivity contribution in [3.8, 4) is 17.0 Å². The molecule has 162 valence electrons. The fraction of sp³-hybridized carbons (Fsp3) is 0.167. The van der Waals surface area contributed by atoms with Gasteiger partial charge in [-0.2, -0.15) is 0 Å². The number of aromatic nitrogens is 3. The summed E-state index contributed by atoms with van der Waals surface area (Å²) in [6, 6.07) is 12.1. The second-order valence-electron chi connectivity index (χ2n) is 7.51. The van der Waals surface area contributed by atoms with Crippen LogP contribution in [0.3, 0.4) is 0 Å². The molecular weight excluding hydrogens is 428 g/mol. The topological polar surface area (TPSA) is 86.1 Å². The molecule has 0 radical (unpaired) electrons. The maximum atomic E-state index is 13.1. The maximum Gasteiger partial charge on any atom is 0.258 e. The number of aryl methyl sites for hydroxylation is 3. The van der Waals surface area contributed by atoms with E-state index in [0.29, 0.717) is 16.8 Å². The zero-order valence-corrected chi connectivity index (χ0v) is 18.8. The molecule has 0 fully saturated rings. The van der Waals surface area contributed by atoms with Gasteiger partial charge in [-0.3, -0.25) is 14.6 Å². The first-order chi connectivity index (χ1) is 15.3. The van der Waals surface area contributed by atoms with Crippen LogP contribution in [0.1, 0.15) is 21.6 Å². The number of anilines is 1. The smallest absolute Gasteiger partial charge is 0.258 e. The number of amides is 1. The average molecular weight is 449 g/mol. The van der Waals surface area contributed by atoms with Gasteiger partial charge in [-0.1, -0.05) is 17.7 Å². The minimum Gasteiger partial charge on any atom is -0.481 e. The Labute approximate surface area is 189 Å². The number of pyridine rings is 3. The summed E-state index contributed by atoms with van der Waals surface area (Å²) in [5.41, 5.74) is 4.57. The van der Waals surface area contributed by atoms with E-state index in [4.69, 9.17) is 16.3 Å². The molecule has 4 rings (SSSR count). The Morgan fingerprint density at radius 1 is 1.09 bits per heavy atom. The van der Waals surface area contributed by atoms with Crippen molar-refractivity contribution >= 4 is 34.1 Å². The lowest BCUT2D eigenvalue weighted by Gasteiger charge is -2.13. The van der Waals surface area contributed by atoms with E-state index in [9.17, 15) is 9.59 Å². The van der Waals surface area contributed by atoms with E-state index in [0.717, 1.165) is 27.7 Å². The molecule has 3 heterocycles. The van der Waals surface area contributed by atoms with E-state index in [1.165, 1.54) is 19.2 Å². The molecule has 1 aromatic carbocycles. The van der Waals surface area contributed by atoms with Crippen LogP contribution in [0.4, 0.5) is 5.69 Å². The molecule has 0 aliphatic carbocycles. The Balaban J connectivity index is 1.75. The van der Waals surface area contributed by atoms with Gasteiger partial charge in [0.1, 0.15) is 5.15 Å². The van der Waals surface area contributed by atoms with Crippen LogP contribution in [-0.4, -0.2) is 27.6 Å². The summed E-state index contributed by atoms with van der Waals surface area (Å²) in [5.74, 6) is -0.121. The summed E-state index contributed by atoms with van der Waals surface area (Å²) in [6.45, 7) is 3.81. The van der Waals surface area contributed by atoms with Crippen molar-refractivity contribution in [2.45, 2.75) is 13.8 Å². The number of nitrogens with zero attached hydrogens (tertiary/aromatic N) is 3. The standard InChI is InChI=1S/C24H21ClN4O3/c1-13-5-6-17(27-23(30)15-9-21(25)28-22(10-15)32-4)11-18(13)19-8-16-12-26-14(2)7-20(16)29(3)24(19)31/h5-12H,1-4H3,(H,27,30). The number of fused-ring (bicyclic) bond motifs is 1. The largest absolute Gasteiger partial charge is 0.481 e. The first-order valence-corrected chi connectivity index (χ1v) is 10.2. The van der Waals surface area contributed by atoms with Crippen molar-refractivity contribution in [1.29, 1.82) is 0 Å². The van der Waals surface area contributed by atoms with Gasteiger partial charge in [-0.15, -0.1) is 0 Å². The SMILES string of the molecule is COc1cc(C(=O)Nc2ccc(C)c(-c3cc4cnc(C)cc4n(C)c3=O)c2)cc(Cl)n1. The lowest BCUT2D eigenvalue weighted by molar-refractivity contribution is 0.102. The Bertz CT molecular complexity index is 1430. The average Bonchev–Trinajstić information content (AvgIpc) is 2.77. The lowest BCUT2D eigenvalue weighted by atomic mass is 9.99. The summed E-state index contributed by atoms with van der Waals surface area (Å²) in [5, 5.41) is 3.87. The van der Waals surface area contributed by atoms with E-state index in [-0.39, 0.29) is 22.5 Å². The number of benzene rings is 1. The highest BCUT2D eigenvalue weighted by Crippen LogP contribution is 2.27. The van der Waals surface area contributed by atoms with Gasteiger partial charge < -0.3 is 14.6 Å². The minimum absolute atomic E-state index is 0.125. The Morgan fingerprint density at radius 3 is 2.62 bits per heavy atom. The molecule has 3 aromatic heterocycles. The lowest BCUT2D eigenvalue weighted by Crippen LogP contribution is -2.19. The molecule has 7 nitrogen and oxygen atoms in total. The molecule has 0 spiro atoms. The van der Waals surface area contributed by atoms with Crippen molar-refractivity contribution in [3.05, 3.63) is 81.0 Å². The van der Waals surface area contributed by atoms with Crippen LogP contribution in [0.5, 0.6) is 5.88 Å². The van der Waals surface area contributed by atoms with Gasteiger partial charge in [0.2, 0.25) is 5.88 Å². The number of hydrogen-bond acceptors (Lipinski definition) is 5. The highest BCUT2D eigenvalue weighted by molar-refractivity contribution is 6.30. The van der Waals surface area contributed by atoms with E-state index >= 15 is 0 Å². The Morgan fingerprint density at radius 2 is 1.88 bits per heavy atom. The first kappa shape index (κ1) is 21.5. The second kappa shape index (κ2) is 8.43. The van der Waals surface area contributed by atoms with Gasteiger partial charge in [0.25, 0.3) is 11.5 Å². The fourth-order valence-corrected chi connectivity index (χ4v) is 3.76. The third kappa shape index (κ3) is 4.07. The number of hydrogen-bond donors (Lipinski definition) is 1. The van der Waals surface area contributed by atoms with Crippen LogP contribution < -0.4 is 15.6 Å². The van der Waals surface area contributed by atoms with E-state index in [2.05, 4.69) is 15.3 Å². The summed E-state index contributed by atoms with van der Waals surface area (Å²) in [4.78, 5) is 34.2. The Hall–Kier alpha value is -3.71. The molecule has 0 saturated carbocycles. The molecule has 1 amide bonds.